The highest BCUT2D eigenvalue weighted by Crippen LogP contribution is 2.27. The zero-order chi connectivity index (χ0) is 19.3. The van der Waals surface area contributed by atoms with Crippen molar-refractivity contribution in [2.45, 2.75) is 37.2 Å². The maximum Gasteiger partial charge on any atom is 0.243 e. The van der Waals surface area contributed by atoms with E-state index < -0.39 is 10.0 Å². The van der Waals surface area contributed by atoms with Crippen LogP contribution in [0.2, 0.25) is 5.02 Å². The fourth-order valence-corrected chi connectivity index (χ4v) is 4.88. The second-order valence-corrected chi connectivity index (χ2v) is 8.83. The Morgan fingerprint density at radius 3 is 2.52 bits per heavy atom. The predicted octanol–water partition coefficient (Wildman–Crippen LogP) is 3.84. The van der Waals surface area contributed by atoms with E-state index in [0.29, 0.717) is 29.4 Å². The van der Waals surface area contributed by atoms with Gasteiger partial charge in [-0.15, -0.1) is 0 Å². The summed E-state index contributed by atoms with van der Waals surface area (Å²) in [4.78, 5) is 11.0. The molecule has 0 bridgehead atoms. The minimum absolute atomic E-state index is 0.123. The second kappa shape index (κ2) is 8.87. The summed E-state index contributed by atoms with van der Waals surface area (Å²) in [6, 6.07) is 12.0. The molecule has 2 aromatic rings. The van der Waals surface area contributed by atoms with Crippen LogP contribution < -0.4 is 4.74 Å². The molecule has 144 valence electrons. The molecule has 0 aromatic heterocycles. The van der Waals surface area contributed by atoms with E-state index in [1.54, 1.807) is 18.2 Å². The number of aldehydes is 1. The Bertz CT molecular complexity index is 908. The van der Waals surface area contributed by atoms with Gasteiger partial charge in [0, 0.05) is 35.7 Å². The minimum Gasteiger partial charge on any atom is -0.489 e. The van der Waals surface area contributed by atoms with Crippen molar-refractivity contribution in [3.63, 3.8) is 0 Å². The van der Waals surface area contributed by atoms with Gasteiger partial charge < -0.3 is 9.53 Å². The first kappa shape index (κ1) is 19.9. The van der Waals surface area contributed by atoms with E-state index in [2.05, 4.69) is 0 Å². The largest absolute Gasteiger partial charge is 0.489 e. The Balaban J connectivity index is 1.81. The van der Waals surface area contributed by atoms with E-state index in [0.717, 1.165) is 31.1 Å². The average Bonchev–Trinajstić information content (AvgIpc) is 2.69. The SMILES string of the molecule is O=CCc1ccccc1OCc1cc(S(=O)(=O)N2CCCCC2)ccc1Cl. The summed E-state index contributed by atoms with van der Waals surface area (Å²) in [5.41, 5.74) is 1.37. The molecule has 1 saturated heterocycles. The van der Waals surface area contributed by atoms with E-state index in [1.807, 2.05) is 18.2 Å². The molecule has 0 saturated carbocycles. The monoisotopic (exact) mass is 407 g/mol. The first-order valence-corrected chi connectivity index (χ1v) is 10.8. The zero-order valence-electron chi connectivity index (χ0n) is 14.9. The molecule has 0 unspecified atom stereocenters. The van der Waals surface area contributed by atoms with Gasteiger partial charge in [0.05, 0.1) is 4.90 Å². The van der Waals surface area contributed by atoms with Crippen LogP contribution in [0.4, 0.5) is 0 Å². The van der Waals surface area contributed by atoms with E-state index >= 15 is 0 Å². The van der Waals surface area contributed by atoms with E-state index in [4.69, 9.17) is 16.3 Å². The molecule has 0 spiro atoms. The Hall–Kier alpha value is -1.89. The number of carbonyl (C=O) groups excluding carboxylic acids is 1. The van der Waals surface area contributed by atoms with Gasteiger partial charge in [0.1, 0.15) is 18.6 Å². The number of rotatable bonds is 7. The van der Waals surface area contributed by atoms with E-state index in [-0.39, 0.29) is 17.9 Å². The summed E-state index contributed by atoms with van der Waals surface area (Å²) in [7, 11) is -3.53. The molecule has 1 aliphatic heterocycles. The fraction of sp³-hybridized carbons (Fsp3) is 0.350. The van der Waals surface area contributed by atoms with Crippen molar-refractivity contribution in [2.75, 3.05) is 13.1 Å². The van der Waals surface area contributed by atoms with Gasteiger partial charge in [-0.3, -0.25) is 0 Å². The van der Waals surface area contributed by atoms with Crippen molar-refractivity contribution in [1.82, 2.24) is 4.31 Å². The Morgan fingerprint density at radius 2 is 1.78 bits per heavy atom. The van der Waals surface area contributed by atoms with Gasteiger partial charge in [-0.1, -0.05) is 36.2 Å². The zero-order valence-corrected chi connectivity index (χ0v) is 16.5. The van der Waals surface area contributed by atoms with Gasteiger partial charge in [-0.25, -0.2) is 8.42 Å². The summed E-state index contributed by atoms with van der Waals surface area (Å²) in [6.45, 7) is 1.23. The molecular weight excluding hydrogens is 386 g/mol. The number of para-hydroxylation sites is 1. The molecule has 0 aliphatic carbocycles. The highest BCUT2D eigenvalue weighted by Gasteiger charge is 2.26. The van der Waals surface area contributed by atoms with E-state index in [1.165, 1.54) is 10.4 Å². The molecule has 1 aliphatic rings. The Labute approximate surface area is 165 Å². The maximum atomic E-state index is 12.9. The summed E-state index contributed by atoms with van der Waals surface area (Å²) in [5, 5.41) is 0.445. The van der Waals surface area contributed by atoms with Gasteiger partial charge in [0.25, 0.3) is 0 Å². The smallest absolute Gasteiger partial charge is 0.243 e. The number of ether oxygens (including phenoxy) is 1. The van der Waals surface area contributed by atoms with Crippen LogP contribution >= 0.6 is 11.6 Å². The van der Waals surface area contributed by atoms with Gasteiger partial charge in [-0.2, -0.15) is 4.31 Å². The first-order chi connectivity index (χ1) is 13.0. The third kappa shape index (κ3) is 4.69. The molecule has 27 heavy (non-hydrogen) atoms. The van der Waals surface area contributed by atoms with Crippen LogP contribution in [0.1, 0.15) is 30.4 Å². The first-order valence-electron chi connectivity index (χ1n) is 8.95. The van der Waals surface area contributed by atoms with Gasteiger partial charge in [0.15, 0.2) is 0 Å². The van der Waals surface area contributed by atoms with Crippen molar-refractivity contribution < 1.29 is 17.9 Å². The summed E-state index contributed by atoms with van der Waals surface area (Å²) in [5.74, 6) is 0.588. The van der Waals surface area contributed by atoms with Crippen LogP contribution in [-0.4, -0.2) is 32.1 Å². The molecule has 7 heteroatoms. The van der Waals surface area contributed by atoms with Crippen LogP contribution in [0, 0.1) is 0 Å². The minimum atomic E-state index is -3.53. The predicted molar refractivity (Wildman–Crippen MR) is 105 cm³/mol. The standard InChI is InChI=1S/C20H22ClNO4S/c21-19-9-8-18(27(24,25)22-11-4-1-5-12-22)14-17(19)15-26-20-7-3-2-6-16(20)10-13-23/h2-3,6-9,13-14H,1,4-5,10-12,15H2. The molecule has 0 radical (unpaired) electrons. The number of hydrogen-bond donors (Lipinski definition) is 0. The molecule has 5 nitrogen and oxygen atoms in total. The number of sulfonamides is 1. The molecule has 2 aromatic carbocycles. The van der Waals surface area contributed by atoms with Crippen LogP contribution in [0.3, 0.4) is 0 Å². The van der Waals surface area contributed by atoms with Gasteiger partial charge in [0.2, 0.25) is 10.0 Å². The third-order valence-corrected chi connectivity index (χ3v) is 6.89. The topological polar surface area (TPSA) is 63.7 Å². The molecule has 0 amide bonds. The van der Waals surface area contributed by atoms with Crippen LogP contribution in [-0.2, 0) is 27.8 Å². The second-order valence-electron chi connectivity index (χ2n) is 6.49. The van der Waals surface area contributed by atoms with Crippen LogP contribution in [0.25, 0.3) is 0 Å². The number of benzene rings is 2. The van der Waals surface area contributed by atoms with Crippen LogP contribution in [0.5, 0.6) is 5.75 Å². The maximum absolute atomic E-state index is 12.9. The molecular formula is C20H22ClNO4S. The summed E-state index contributed by atoms with van der Waals surface area (Å²) in [6.07, 6.45) is 3.91. The molecule has 1 fully saturated rings. The molecule has 3 rings (SSSR count). The van der Waals surface area contributed by atoms with Crippen molar-refractivity contribution in [2.24, 2.45) is 0 Å². The van der Waals surface area contributed by atoms with Crippen molar-refractivity contribution >= 4 is 27.9 Å². The van der Waals surface area contributed by atoms with Gasteiger partial charge in [-0.05, 0) is 37.1 Å². The Kier molecular flexibility index (Phi) is 6.52. The van der Waals surface area contributed by atoms with Crippen molar-refractivity contribution in [3.8, 4) is 5.75 Å². The van der Waals surface area contributed by atoms with E-state index in [9.17, 15) is 13.2 Å². The fourth-order valence-electron chi connectivity index (χ4n) is 3.14. The van der Waals surface area contributed by atoms with Crippen molar-refractivity contribution in [3.05, 3.63) is 58.6 Å². The highest BCUT2D eigenvalue weighted by molar-refractivity contribution is 7.89. The number of hydrogen-bond acceptors (Lipinski definition) is 4. The lowest BCUT2D eigenvalue weighted by molar-refractivity contribution is -0.107. The molecule has 0 N–H and O–H groups in total. The normalized spacial score (nSPS) is 15.4. The highest BCUT2D eigenvalue weighted by atomic mass is 35.5. The summed E-state index contributed by atoms with van der Waals surface area (Å²) < 4.78 is 33.1. The number of nitrogens with zero attached hydrogens (tertiary/aromatic N) is 1. The summed E-state index contributed by atoms with van der Waals surface area (Å²) >= 11 is 6.25. The lowest BCUT2D eigenvalue weighted by Crippen LogP contribution is -2.35. The third-order valence-electron chi connectivity index (χ3n) is 4.63. The number of carbonyl (C=O) groups is 1. The molecule has 0 atom stereocenters. The lowest BCUT2D eigenvalue weighted by Gasteiger charge is -2.26. The van der Waals surface area contributed by atoms with Crippen LogP contribution in [0.15, 0.2) is 47.4 Å². The van der Waals surface area contributed by atoms with Gasteiger partial charge >= 0.3 is 0 Å². The number of halogens is 1. The number of piperidine rings is 1. The van der Waals surface area contributed by atoms with Crippen molar-refractivity contribution in [1.29, 1.82) is 0 Å². The lowest BCUT2D eigenvalue weighted by atomic mass is 10.1. The average molecular weight is 408 g/mol. The molecule has 1 heterocycles. The Morgan fingerprint density at radius 1 is 1.04 bits per heavy atom. The quantitative estimate of drug-likeness (QED) is 0.654.